The normalized spacial score (nSPS) is 14.2. The lowest BCUT2D eigenvalue weighted by atomic mass is 10.2. The molecular weight excluding hydrogens is 291 g/mol. The van der Waals surface area contributed by atoms with Crippen LogP contribution in [0.15, 0.2) is 45.6 Å². The third-order valence-electron chi connectivity index (χ3n) is 1.40. The summed E-state index contributed by atoms with van der Waals surface area (Å²) in [6.07, 6.45) is 8.67. The van der Waals surface area contributed by atoms with Crippen molar-refractivity contribution in [1.82, 2.24) is 0 Å². The zero-order chi connectivity index (χ0) is 11.0. The molecule has 14 heavy (non-hydrogen) atoms. The molecule has 0 amide bonds. The molecule has 0 aromatic rings. The number of carboxylic acid groups (broad SMARTS) is 1. The van der Waals surface area contributed by atoms with Crippen molar-refractivity contribution in [2.45, 2.75) is 13.8 Å². The minimum Gasteiger partial charge on any atom is -0.478 e. The van der Waals surface area contributed by atoms with Crippen LogP contribution in [0, 0.1) is 0 Å². The number of carbonyl (C=O) groups is 1. The summed E-state index contributed by atoms with van der Waals surface area (Å²) < 4.78 is 1.93. The molecule has 0 aliphatic carbocycles. The van der Waals surface area contributed by atoms with Gasteiger partial charge in [-0.1, -0.05) is 52.5 Å². The van der Waals surface area contributed by atoms with Gasteiger partial charge in [-0.15, -0.1) is 0 Å². The Kier molecular flexibility index (Phi) is 7.10. The fraction of sp³-hybridized carbons (Fsp3) is 0.182. The summed E-state index contributed by atoms with van der Waals surface area (Å²) >= 11 is 2.15. The fourth-order valence-corrected chi connectivity index (χ4v) is 1.32. The highest BCUT2D eigenvalue weighted by molar-refractivity contribution is 14.1. The molecule has 0 aliphatic heterocycles. The van der Waals surface area contributed by atoms with Crippen molar-refractivity contribution in [2.75, 3.05) is 0 Å². The second-order valence-electron chi connectivity index (χ2n) is 2.79. The molecule has 0 saturated heterocycles. The molecular formula is C11H13IO2. The van der Waals surface area contributed by atoms with Gasteiger partial charge in [-0.25, -0.2) is 4.79 Å². The van der Waals surface area contributed by atoms with Crippen LogP contribution in [0.4, 0.5) is 0 Å². The first-order chi connectivity index (χ1) is 6.56. The molecule has 0 unspecified atom stereocenters. The zero-order valence-corrected chi connectivity index (χ0v) is 10.4. The van der Waals surface area contributed by atoms with Crippen molar-refractivity contribution >= 4 is 28.6 Å². The first-order valence-electron chi connectivity index (χ1n) is 4.09. The Morgan fingerprint density at radius 3 is 2.36 bits per heavy atom. The van der Waals surface area contributed by atoms with Gasteiger partial charge in [0.1, 0.15) is 0 Å². The molecule has 0 bridgehead atoms. The molecule has 2 nitrogen and oxygen atoms in total. The van der Waals surface area contributed by atoms with Crippen molar-refractivity contribution < 1.29 is 9.90 Å². The van der Waals surface area contributed by atoms with Gasteiger partial charge in [0.05, 0.1) is 0 Å². The molecule has 0 aromatic carbocycles. The van der Waals surface area contributed by atoms with Crippen molar-refractivity contribution in [2.24, 2.45) is 0 Å². The van der Waals surface area contributed by atoms with E-state index in [0.717, 1.165) is 11.1 Å². The van der Waals surface area contributed by atoms with Crippen molar-refractivity contribution in [1.29, 1.82) is 0 Å². The number of aliphatic carboxylic acids is 1. The number of allylic oxidation sites excluding steroid dienone is 6. The third-order valence-corrected chi connectivity index (χ3v) is 1.75. The Morgan fingerprint density at radius 2 is 1.86 bits per heavy atom. The van der Waals surface area contributed by atoms with Crippen LogP contribution in [-0.4, -0.2) is 11.1 Å². The average molecular weight is 304 g/mol. The van der Waals surface area contributed by atoms with E-state index in [1.54, 1.807) is 13.0 Å². The van der Waals surface area contributed by atoms with Gasteiger partial charge in [0, 0.05) is 6.08 Å². The SMILES string of the molecule is CC(=C/C=C/C(C)=C/C(=O)O)/C=C/I. The fourth-order valence-electron chi connectivity index (χ4n) is 0.749. The lowest BCUT2D eigenvalue weighted by Gasteiger charge is -1.88. The van der Waals surface area contributed by atoms with Gasteiger partial charge in [0.2, 0.25) is 0 Å². The van der Waals surface area contributed by atoms with E-state index in [2.05, 4.69) is 22.6 Å². The number of hydrogen-bond donors (Lipinski definition) is 1. The number of rotatable bonds is 4. The highest BCUT2D eigenvalue weighted by atomic mass is 127. The lowest BCUT2D eigenvalue weighted by Crippen LogP contribution is -1.87. The molecule has 0 aromatic heterocycles. The summed E-state index contributed by atoms with van der Waals surface area (Å²) in [5.74, 6) is -0.917. The molecule has 0 spiro atoms. The van der Waals surface area contributed by atoms with E-state index in [9.17, 15) is 4.79 Å². The van der Waals surface area contributed by atoms with Crippen LogP contribution >= 0.6 is 22.6 Å². The number of halogens is 1. The molecule has 0 fully saturated rings. The zero-order valence-electron chi connectivity index (χ0n) is 8.20. The van der Waals surface area contributed by atoms with Crippen molar-refractivity contribution in [3.63, 3.8) is 0 Å². The molecule has 0 aliphatic rings. The Morgan fingerprint density at radius 1 is 1.21 bits per heavy atom. The van der Waals surface area contributed by atoms with E-state index in [4.69, 9.17) is 5.11 Å². The second kappa shape index (κ2) is 7.55. The molecule has 0 atom stereocenters. The highest BCUT2D eigenvalue weighted by Gasteiger charge is 1.87. The molecule has 1 N–H and O–H groups in total. The van der Waals surface area contributed by atoms with Crippen molar-refractivity contribution in [3.8, 4) is 0 Å². The quantitative estimate of drug-likeness (QED) is 0.490. The van der Waals surface area contributed by atoms with Crippen LogP contribution in [0.25, 0.3) is 0 Å². The summed E-state index contributed by atoms with van der Waals surface area (Å²) in [5, 5.41) is 8.44. The van der Waals surface area contributed by atoms with Crippen molar-refractivity contribution in [3.05, 3.63) is 45.6 Å². The highest BCUT2D eigenvalue weighted by Crippen LogP contribution is 2.00. The van der Waals surface area contributed by atoms with E-state index < -0.39 is 5.97 Å². The predicted octanol–water partition coefficient (Wildman–Crippen LogP) is 3.47. The Balaban J connectivity index is 4.32. The number of carboxylic acids is 1. The summed E-state index contributed by atoms with van der Waals surface area (Å²) in [5.41, 5.74) is 1.85. The minimum atomic E-state index is -0.917. The first kappa shape index (κ1) is 13.2. The standard InChI is InChI=1S/C11H13IO2/c1-9(6-7-12)4-3-5-10(2)8-11(13)14/h3-8H,1-2H3,(H,13,14)/b5-3+,7-6+,9-4-,10-8+. The van der Waals surface area contributed by atoms with Gasteiger partial charge >= 0.3 is 5.97 Å². The first-order valence-corrected chi connectivity index (χ1v) is 5.33. The van der Waals surface area contributed by atoms with Crippen LogP contribution in [0.2, 0.25) is 0 Å². The van der Waals surface area contributed by atoms with Crippen LogP contribution < -0.4 is 0 Å². The molecule has 0 saturated carbocycles. The van der Waals surface area contributed by atoms with Gasteiger partial charge in [-0.3, -0.25) is 0 Å². The van der Waals surface area contributed by atoms with Gasteiger partial charge in [0.25, 0.3) is 0 Å². The average Bonchev–Trinajstić information content (AvgIpc) is 2.02. The smallest absolute Gasteiger partial charge is 0.328 e. The molecule has 76 valence electrons. The lowest BCUT2D eigenvalue weighted by molar-refractivity contribution is -0.131. The van der Waals surface area contributed by atoms with Gasteiger partial charge in [-0.2, -0.15) is 0 Å². The Labute approximate surface area is 97.8 Å². The van der Waals surface area contributed by atoms with E-state index in [1.807, 2.05) is 29.2 Å². The van der Waals surface area contributed by atoms with Gasteiger partial charge in [-0.05, 0) is 23.5 Å². The third kappa shape index (κ3) is 7.79. The Bertz CT molecular complexity index is 309. The van der Waals surface area contributed by atoms with Crippen LogP contribution in [-0.2, 0) is 4.79 Å². The largest absolute Gasteiger partial charge is 0.478 e. The molecule has 0 heterocycles. The molecule has 0 rings (SSSR count). The van der Waals surface area contributed by atoms with E-state index >= 15 is 0 Å². The number of hydrogen-bond acceptors (Lipinski definition) is 1. The van der Waals surface area contributed by atoms with Crippen LogP contribution in [0.1, 0.15) is 13.8 Å². The topological polar surface area (TPSA) is 37.3 Å². The minimum absolute atomic E-state index is 0.722. The van der Waals surface area contributed by atoms with Crippen LogP contribution in [0.5, 0.6) is 0 Å². The molecule has 3 heteroatoms. The maximum Gasteiger partial charge on any atom is 0.328 e. The second-order valence-corrected chi connectivity index (χ2v) is 3.51. The summed E-state index contributed by atoms with van der Waals surface area (Å²) in [4.78, 5) is 10.3. The van der Waals surface area contributed by atoms with Gasteiger partial charge < -0.3 is 5.11 Å². The summed E-state index contributed by atoms with van der Waals surface area (Å²) in [6, 6.07) is 0. The van der Waals surface area contributed by atoms with E-state index in [1.165, 1.54) is 6.08 Å². The summed E-state index contributed by atoms with van der Waals surface area (Å²) in [7, 11) is 0. The van der Waals surface area contributed by atoms with E-state index in [0.29, 0.717) is 0 Å². The maximum absolute atomic E-state index is 10.3. The van der Waals surface area contributed by atoms with Crippen LogP contribution in [0.3, 0.4) is 0 Å². The summed E-state index contributed by atoms with van der Waals surface area (Å²) in [6.45, 7) is 3.73. The monoisotopic (exact) mass is 304 g/mol. The molecule has 0 radical (unpaired) electrons. The van der Waals surface area contributed by atoms with E-state index in [-0.39, 0.29) is 0 Å². The Hall–Kier alpha value is -0.840. The predicted molar refractivity (Wildman–Crippen MR) is 67.4 cm³/mol. The maximum atomic E-state index is 10.3. The van der Waals surface area contributed by atoms with Gasteiger partial charge in [0.15, 0.2) is 0 Å².